The lowest BCUT2D eigenvalue weighted by Crippen LogP contribution is -2.17. The predicted octanol–water partition coefficient (Wildman–Crippen LogP) is 2.48. The molecule has 0 aromatic carbocycles. The summed E-state index contributed by atoms with van der Waals surface area (Å²) in [6.07, 6.45) is 5.28. The van der Waals surface area contributed by atoms with Gasteiger partial charge >= 0.3 is 0 Å². The zero-order chi connectivity index (χ0) is 11.2. The zero-order valence-corrected chi connectivity index (χ0v) is 9.40. The molecule has 4 nitrogen and oxygen atoms in total. The molecule has 0 aliphatic rings. The van der Waals surface area contributed by atoms with E-state index in [1.165, 1.54) is 0 Å². The van der Waals surface area contributed by atoms with Crippen LogP contribution in [-0.2, 0) is 6.42 Å². The first kappa shape index (κ1) is 11.0. The molecule has 2 heterocycles. The fraction of sp³-hybridized carbons (Fsp3) is 0.417. The van der Waals surface area contributed by atoms with Crippen LogP contribution >= 0.6 is 0 Å². The first-order valence-corrected chi connectivity index (χ1v) is 5.59. The van der Waals surface area contributed by atoms with E-state index in [1.54, 1.807) is 12.5 Å². The first-order valence-electron chi connectivity index (χ1n) is 5.59. The number of hydrogen-bond acceptors (Lipinski definition) is 4. The molecule has 4 heteroatoms. The summed E-state index contributed by atoms with van der Waals surface area (Å²) < 4.78 is 10.8. The number of aromatic nitrogens is 1. The van der Waals surface area contributed by atoms with Crippen molar-refractivity contribution in [2.45, 2.75) is 19.8 Å². The second-order valence-corrected chi connectivity index (χ2v) is 3.60. The maximum atomic E-state index is 5.56. The average molecular weight is 220 g/mol. The van der Waals surface area contributed by atoms with Crippen LogP contribution in [-0.4, -0.2) is 18.1 Å². The highest BCUT2D eigenvalue weighted by Gasteiger charge is 2.07. The molecule has 2 rings (SSSR count). The number of oxazole rings is 1. The van der Waals surface area contributed by atoms with Gasteiger partial charge in [0.2, 0.25) is 0 Å². The third-order valence-corrected chi connectivity index (χ3v) is 2.26. The van der Waals surface area contributed by atoms with Gasteiger partial charge < -0.3 is 14.2 Å². The van der Waals surface area contributed by atoms with Crippen LogP contribution < -0.4 is 5.32 Å². The van der Waals surface area contributed by atoms with E-state index >= 15 is 0 Å². The van der Waals surface area contributed by atoms with Crippen LogP contribution in [0.2, 0.25) is 0 Å². The van der Waals surface area contributed by atoms with E-state index in [9.17, 15) is 0 Å². The number of nitrogens with zero attached hydrogens (tertiary/aromatic N) is 1. The van der Waals surface area contributed by atoms with E-state index in [4.69, 9.17) is 8.83 Å². The lowest BCUT2D eigenvalue weighted by molar-refractivity contribution is 0.474. The zero-order valence-electron chi connectivity index (χ0n) is 9.40. The molecule has 2 aromatic rings. The minimum Gasteiger partial charge on any atom is -0.461 e. The normalized spacial score (nSPS) is 10.8. The van der Waals surface area contributed by atoms with Gasteiger partial charge in [0.05, 0.1) is 12.5 Å². The van der Waals surface area contributed by atoms with Gasteiger partial charge in [-0.05, 0) is 25.1 Å². The van der Waals surface area contributed by atoms with Crippen molar-refractivity contribution in [1.82, 2.24) is 10.3 Å². The molecule has 0 atom stereocenters. The minimum atomic E-state index is 0.690. The molecular formula is C12H16N2O2. The summed E-state index contributed by atoms with van der Waals surface area (Å²) in [5.74, 6) is 2.16. The highest BCUT2D eigenvalue weighted by Crippen LogP contribution is 2.20. The van der Waals surface area contributed by atoms with Crippen molar-refractivity contribution < 1.29 is 8.83 Å². The minimum absolute atomic E-state index is 0.690. The largest absolute Gasteiger partial charge is 0.461 e. The maximum Gasteiger partial charge on any atom is 0.196 e. The summed E-state index contributed by atoms with van der Waals surface area (Å²) in [4.78, 5) is 4.20. The van der Waals surface area contributed by atoms with Crippen LogP contribution in [0.3, 0.4) is 0 Å². The van der Waals surface area contributed by atoms with E-state index in [0.29, 0.717) is 5.76 Å². The Morgan fingerprint density at radius 1 is 1.31 bits per heavy atom. The molecule has 0 spiro atoms. The van der Waals surface area contributed by atoms with Crippen molar-refractivity contribution in [3.8, 4) is 11.5 Å². The topological polar surface area (TPSA) is 51.2 Å². The van der Waals surface area contributed by atoms with Crippen LogP contribution in [0.15, 0.2) is 33.4 Å². The smallest absolute Gasteiger partial charge is 0.196 e. The van der Waals surface area contributed by atoms with Gasteiger partial charge in [-0.1, -0.05) is 6.92 Å². The molecule has 0 unspecified atom stereocenters. The fourth-order valence-electron chi connectivity index (χ4n) is 1.46. The summed E-state index contributed by atoms with van der Waals surface area (Å²) in [5.41, 5.74) is 0. The number of nitrogens with one attached hydrogen (secondary N) is 1. The Bertz CT molecular complexity index is 406. The van der Waals surface area contributed by atoms with Crippen LogP contribution in [0, 0.1) is 0 Å². The number of rotatable bonds is 6. The van der Waals surface area contributed by atoms with Gasteiger partial charge in [-0.25, -0.2) is 4.98 Å². The third kappa shape index (κ3) is 2.73. The predicted molar refractivity (Wildman–Crippen MR) is 61.1 cm³/mol. The SMILES string of the molecule is CCCNCCc1ncc(-c2ccco2)o1. The van der Waals surface area contributed by atoms with E-state index in [2.05, 4.69) is 17.2 Å². The molecule has 86 valence electrons. The van der Waals surface area contributed by atoms with Crippen LogP contribution in [0.1, 0.15) is 19.2 Å². The Kier molecular flexibility index (Phi) is 3.77. The van der Waals surface area contributed by atoms with Gasteiger partial charge in [0.1, 0.15) is 0 Å². The quantitative estimate of drug-likeness (QED) is 0.760. The molecule has 0 aliphatic carbocycles. The molecular weight excluding hydrogens is 204 g/mol. The maximum absolute atomic E-state index is 5.56. The highest BCUT2D eigenvalue weighted by atomic mass is 16.4. The number of furan rings is 1. The van der Waals surface area contributed by atoms with Gasteiger partial charge in [-0.3, -0.25) is 0 Å². The molecule has 0 bridgehead atoms. The Hall–Kier alpha value is -1.55. The lowest BCUT2D eigenvalue weighted by Gasteiger charge is -1.98. The number of hydrogen-bond donors (Lipinski definition) is 1. The Labute approximate surface area is 94.7 Å². The molecule has 16 heavy (non-hydrogen) atoms. The fourth-order valence-corrected chi connectivity index (χ4v) is 1.46. The Balaban J connectivity index is 1.88. The standard InChI is InChI=1S/C12H16N2O2/c1-2-6-13-7-5-12-14-9-11(16-12)10-4-3-8-15-10/h3-4,8-9,13H,2,5-7H2,1H3. The summed E-state index contributed by atoms with van der Waals surface area (Å²) in [5, 5.41) is 3.30. The second-order valence-electron chi connectivity index (χ2n) is 3.60. The second kappa shape index (κ2) is 5.51. The van der Waals surface area contributed by atoms with E-state index < -0.39 is 0 Å². The van der Waals surface area contributed by atoms with Gasteiger partial charge in [-0.2, -0.15) is 0 Å². The molecule has 0 radical (unpaired) electrons. The third-order valence-electron chi connectivity index (χ3n) is 2.26. The van der Waals surface area contributed by atoms with E-state index in [-0.39, 0.29) is 0 Å². The average Bonchev–Trinajstić information content (AvgIpc) is 2.94. The van der Waals surface area contributed by atoms with Gasteiger partial charge in [0.15, 0.2) is 17.4 Å². The van der Waals surface area contributed by atoms with Crippen molar-refractivity contribution in [3.63, 3.8) is 0 Å². The van der Waals surface area contributed by atoms with Crippen molar-refractivity contribution in [2.24, 2.45) is 0 Å². The highest BCUT2D eigenvalue weighted by molar-refractivity contribution is 5.47. The first-order chi connectivity index (χ1) is 7.90. The van der Waals surface area contributed by atoms with E-state index in [0.717, 1.165) is 37.6 Å². The molecule has 0 fully saturated rings. The Morgan fingerprint density at radius 2 is 2.25 bits per heavy atom. The van der Waals surface area contributed by atoms with Crippen LogP contribution in [0.5, 0.6) is 0 Å². The molecule has 0 saturated carbocycles. The summed E-state index contributed by atoms with van der Waals surface area (Å²) in [6.45, 7) is 4.07. The molecule has 0 saturated heterocycles. The molecule has 0 aliphatic heterocycles. The van der Waals surface area contributed by atoms with Crippen LogP contribution in [0.4, 0.5) is 0 Å². The van der Waals surface area contributed by atoms with Gasteiger partial charge in [0, 0.05) is 13.0 Å². The van der Waals surface area contributed by atoms with E-state index in [1.807, 2.05) is 12.1 Å². The van der Waals surface area contributed by atoms with Crippen molar-refractivity contribution in [1.29, 1.82) is 0 Å². The van der Waals surface area contributed by atoms with Gasteiger partial charge in [0.25, 0.3) is 0 Å². The lowest BCUT2D eigenvalue weighted by atomic mass is 10.4. The molecule has 0 amide bonds. The summed E-state index contributed by atoms with van der Waals surface area (Å²) >= 11 is 0. The summed E-state index contributed by atoms with van der Waals surface area (Å²) in [6, 6.07) is 3.69. The van der Waals surface area contributed by atoms with Crippen LogP contribution in [0.25, 0.3) is 11.5 Å². The van der Waals surface area contributed by atoms with Crippen molar-refractivity contribution in [3.05, 3.63) is 30.5 Å². The molecule has 2 aromatic heterocycles. The van der Waals surface area contributed by atoms with Crippen molar-refractivity contribution >= 4 is 0 Å². The summed E-state index contributed by atoms with van der Waals surface area (Å²) in [7, 11) is 0. The monoisotopic (exact) mass is 220 g/mol. The molecule has 1 N–H and O–H groups in total. The van der Waals surface area contributed by atoms with Crippen molar-refractivity contribution in [2.75, 3.05) is 13.1 Å². The van der Waals surface area contributed by atoms with Gasteiger partial charge in [-0.15, -0.1) is 0 Å². The Morgan fingerprint density at radius 3 is 3.00 bits per heavy atom.